The minimum atomic E-state index is -0.164. The molecule has 1 aliphatic heterocycles. The second kappa shape index (κ2) is 7.86. The fourth-order valence-corrected chi connectivity index (χ4v) is 3.18. The molecule has 1 fully saturated rings. The van der Waals surface area contributed by atoms with Crippen molar-refractivity contribution in [3.05, 3.63) is 23.2 Å². The number of anilines is 1. The number of nitrogens with zero attached hydrogens (tertiary/aromatic N) is 5. The second-order valence-corrected chi connectivity index (χ2v) is 6.81. The van der Waals surface area contributed by atoms with Gasteiger partial charge in [0.1, 0.15) is 5.76 Å². The Morgan fingerprint density at radius 1 is 1.27 bits per heavy atom. The molecule has 1 N–H and O–H groups in total. The van der Waals surface area contributed by atoms with Crippen molar-refractivity contribution in [2.45, 2.75) is 52.6 Å². The Hall–Kier alpha value is -2.42. The van der Waals surface area contributed by atoms with Crippen molar-refractivity contribution in [3.8, 4) is 0 Å². The van der Waals surface area contributed by atoms with Crippen LogP contribution in [-0.4, -0.2) is 57.1 Å². The number of carbonyl (C=O) groups excluding carboxylic acids is 1. The van der Waals surface area contributed by atoms with Crippen LogP contribution in [0.15, 0.2) is 8.94 Å². The van der Waals surface area contributed by atoms with Gasteiger partial charge in [0.25, 0.3) is 0 Å². The summed E-state index contributed by atoms with van der Waals surface area (Å²) in [5.41, 5.74) is 0.787. The van der Waals surface area contributed by atoms with Gasteiger partial charge in [-0.15, -0.1) is 0 Å². The molecular formula is C17H26N6O3. The second-order valence-electron chi connectivity index (χ2n) is 6.81. The number of aromatic nitrogens is 3. The molecule has 0 spiro atoms. The number of rotatable bonds is 4. The average Bonchev–Trinajstić information content (AvgIpc) is 3.02. The smallest absolute Gasteiger partial charge is 0.325 e. The highest BCUT2D eigenvalue weighted by Gasteiger charge is 2.24. The number of amides is 2. The summed E-state index contributed by atoms with van der Waals surface area (Å²) in [7, 11) is 2.06. The van der Waals surface area contributed by atoms with Crippen LogP contribution in [-0.2, 0) is 6.54 Å². The Balaban J connectivity index is 1.52. The molecule has 2 aromatic rings. The molecule has 0 aromatic carbocycles. The van der Waals surface area contributed by atoms with Gasteiger partial charge in [-0.1, -0.05) is 5.16 Å². The Morgan fingerprint density at radius 2 is 2.08 bits per heavy atom. The Kier molecular flexibility index (Phi) is 5.55. The van der Waals surface area contributed by atoms with Crippen LogP contribution >= 0.6 is 0 Å². The topological polar surface area (TPSA) is 101 Å². The monoisotopic (exact) mass is 362 g/mol. The van der Waals surface area contributed by atoms with E-state index in [2.05, 4.69) is 32.4 Å². The summed E-state index contributed by atoms with van der Waals surface area (Å²) in [6.07, 6.45) is 2.86. The molecule has 1 aliphatic rings. The third-order valence-corrected chi connectivity index (χ3v) is 4.81. The molecule has 2 aromatic heterocycles. The van der Waals surface area contributed by atoms with Crippen molar-refractivity contribution in [2.75, 3.05) is 25.5 Å². The largest absolute Gasteiger partial charge is 0.428 e. The number of carbonyl (C=O) groups is 1. The fourth-order valence-electron chi connectivity index (χ4n) is 3.18. The van der Waals surface area contributed by atoms with Gasteiger partial charge in [-0.3, -0.25) is 10.2 Å². The summed E-state index contributed by atoms with van der Waals surface area (Å²) in [6.45, 7) is 7.52. The van der Waals surface area contributed by atoms with Crippen molar-refractivity contribution in [3.63, 3.8) is 0 Å². The third kappa shape index (κ3) is 4.40. The lowest BCUT2D eigenvalue weighted by Crippen LogP contribution is -2.37. The molecule has 0 aliphatic carbocycles. The number of aryl methyl sites for hydroxylation is 3. The predicted octanol–water partition coefficient (Wildman–Crippen LogP) is 2.50. The van der Waals surface area contributed by atoms with Gasteiger partial charge in [0.2, 0.25) is 5.89 Å². The highest BCUT2D eigenvalue weighted by molar-refractivity contribution is 5.87. The van der Waals surface area contributed by atoms with E-state index in [-0.39, 0.29) is 12.0 Å². The molecule has 1 unspecified atom stereocenters. The molecule has 3 heterocycles. The molecular weight excluding hydrogens is 336 g/mol. The Bertz CT molecular complexity index is 736. The zero-order valence-electron chi connectivity index (χ0n) is 15.8. The fraction of sp³-hybridized carbons (Fsp3) is 0.647. The minimum absolute atomic E-state index is 0.164. The van der Waals surface area contributed by atoms with E-state index < -0.39 is 0 Å². The molecule has 142 valence electrons. The summed E-state index contributed by atoms with van der Waals surface area (Å²) < 4.78 is 10.5. The predicted molar refractivity (Wildman–Crippen MR) is 94.7 cm³/mol. The molecule has 1 saturated heterocycles. The van der Waals surface area contributed by atoms with Gasteiger partial charge in [0.15, 0.2) is 5.82 Å². The first-order valence-electron chi connectivity index (χ1n) is 8.91. The summed E-state index contributed by atoms with van der Waals surface area (Å²) in [5, 5.41) is 6.70. The SMILES string of the molecule is Cc1nc(CN(C)C2CCCN(C(=O)Nc3nc(C)c(C)o3)CC2)no1. The van der Waals surface area contributed by atoms with Crippen molar-refractivity contribution in [1.82, 2.24) is 24.9 Å². The van der Waals surface area contributed by atoms with Crippen LogP contribution in [0.1, 0.15) is 42.4 Å². The lowest BCUT2D eigenvalue weighted by molar-refractivity contribution is 0.197. The zero-order valence-corrected chi connectivity index (χ0v) is 15.8. The van der Waals surface area contributed by atoms with Gasteiger partial charge in [-0.05, 0) is 40.2 Å². The Labute approximate surface area is 152 Å². The van der Waals surface area contributed by atoms with Crippen molar-refractivity contribution < 1.29 is 13.7 Å². The van der Waals surface area contributed by atoms with Crippen LogP contribution in [0.25, 0.3) is 0 Å². The maximum atomic E-state index is 12.5. The number of hydrogen-bond acceptors (Lipinski definition) is 7. The van der Waals surface area contributed by atoms with Crippen LogP contribution in [0.3, 0.4) is 0 Å². The van der Waals surface area contributed by atoms with Crippen molar-refractivity contribution in [2.24, 2.45) is 0 Å². The first-order valence-corrected chi connectivity index (χ1v) is 8.91. The van der Waals surface area contributed by atoms with E-state index in [4.69, 9.17) is 8.94 Å². The van der Waals surface area contributed by atoms with Crippen LogP contribution < -0.4 is 5.32 Å². The molecule has 1 atom stereocenters. The zero-order chi connectivity index (χ0) is 18.7. The van der Waals surface area contributed by atoms with Gasteiger partial charge in [-0.25, -0.2) is 4.79 Å². The maximum Gasteiger partial charge on any atom is 0.325 e. The first kappa shape index (κ1) is 18.4. The number of urea groups is 1. The summed E-state index contributed by atoms with van der Waals surface area (Å²) in [5.74, 6) is 1.99. The van der Waals surface area contributed by atoms with E-state index in [0.29, 0.717) is 30.8 Å². The number of hydrogen-bond donors (Lipinski definition) is 1. The molecule has 0 bridgehead atoms. The molecule has 2 amide bonds. The quantitative estimate of drug-likeness (QED) is 0.892. The maximum absolute atomic E-state index is 12.5. The van der Waals surface area contributed by atoms with Crippen molar-refractivity contribution in [1.29, 1.82) is 0 Å². The highest BCUT2D eigenvalue weighted by atomic mass is 16.5. The van der Waals surface area contributed by atoms with E-state index in [1.807, 2.05) is 18.7 Å². The van der Waals surface area contributed by atoms with Crippen LogP contribution in [0.5, 0.6) is 0 Å². The van der Waals surface area contributed by atoms with Gasteiger partial charge < -0.3 is 13.8 Å². The van der Waals surface area contributed by atoms with Crippen LogP contribution in [0, 0.1) is 20.8 Å². The van der Waals surface area contributed by atoms with E-state index in [1.54, 1.807) is 6.92 Å². The Morgan fingerprint density at radius 3 is 2.73 bits per heavy atom. The van der Waals surface area contributed by atoms with E-state index in [9.17, 15) is 4.79 Å². The number of likely N-dealkylation sites (tertiary alicyclic amines) is 1. The lowest BCUT2D eigenvalue weighted by atomic mass is 10.1. The normalized spacial score (nSPS) is 18.2. The van der Waals surface area contributed by atoms with Gasteiger partial charge >= 0.3 is 12.0 Å². The van der Waals surface area contributed by atoms with Crippen LogP contribution in [0.4, 0.5) is 10.8 Å². The summed E-state index contributed by atoms with van der Waals surface area (Å²) in [6, 6.07) is 0.469. The lowest BCUT2D eigenvalue weighted by Gasteiger charge is -2.26. The molecule has 0 radical (unpaired) electrons. The number of nitrogens with one attached hydrogen (secondary N) is 1. The molecule has 9 nitrogen and oxygen atoms in total. The molecule has 26 heavy (non-hydrogen) atoms. The van der Waals surface area contributed by atoms with E-state index >= 15 is 0 Å². The third-order valence-electron chi connectivity index (χ3n) is 4.81. The van der Waals surface area contributed by atoms with Crippen molar-refractivity contribution >= 4 is 12.0 Å². The highest BCUT2D eigenvalue weighted by Crippen LogP contribution is 2.19. The van der Waals surface area contributed by atoms with Crippen LogP contribution in [0.2, 0.25) is 0 Å². The summed E-state index contributed by atoms with van der Waals surface area (Å²) >= 11 is 0. The van der Waals surface area contributed by atoms with Gasteiger partial charge in [-0.2, -0.15) is 9.97 Å². The molecule has 9 heteroatoms. The standard InChI is InChI=1S/C17H26N6O3/c1-11-12(2)25-16(18-11)20-17(24)23-8-5-6-14(7-9-23)22(4)10-15-19-13(3)26-21-15/h14H,5-10H2,1-4H3,(H,18,20,24). The minimum Gasteiger partial charge on any atom is -0.428 e. The average molecular weight is 362 g/mol. The van der Waals surface area contributed by atoms with Gasteiger partial charge in [0, 0.05) is 26.1 Å². The molecule has 3 rings (SSSR count). The van der Waals surface area contributed by atoms with E-state index in [0.717, 1.165) is 37.3 Å². The molecule has 0 saturated carbocycles. The van der Waals surface area contributed by atoms with E-state index in [1.165, 1.54) is 0 Å². The first-order chi connectivity index (χ1) is 12.4. The number of oxazole rings is 1. The van der Waals surface area contributed by atoms with Gasteiger partial charge in [0.05, 0.1) is 12.2 Å². The summed E-state index contributed by atoms with van der Waals surface area (Å²) in [4.78, 5) is 25.0.